The highest BCUT2D eigenvalue weighted by Crippen LogP contribution is 2.40. The monoisotopic (exact) mass is 680 g/mol. The van der Waals surface area contributed by atoms with Gasteiger partial charge in [0.25, 0.3) is 0 Å². The first-order valence-corrected chi connectivity index (χ1v) is 18.4. The van der Waals surface area contributed by atoms with Crippen LogP contribution >= 0.6 is 11.3 Å². The van der Waals surface area contributed by atoms with E-state index in [0.717, 1.165) is 33.1 Å². The number of rotatable bonds is 6. The standard InChI is InChI=1S/C49H32N2S/c1-3-11-37(12-4-1)49-50-47-31-30-44-45(48(47)52-49)29-24-36-18-19-38(32-46(36)44)33-20-25-40(26-21-33)51(39-14-5-2-6-15-39)41-27-22-35(23-28-41)43-17-9-13-34-10-7-8-16-42(34)43/h1-32H. The van der Waals surface area contributed by atoms with Crippen molar-refractivity contribution in [3.8, 4) is 32.8 Å². The van der Waals surface area contributed by atoms with Crippen LogP contribution in [-0.2, 0) is 0 Å². The molecule has 10 aromatic rings. The van der Waals surface area contributed by atoms with Crippen LogP contribution in [0.3, 0.4) is 0 Å². The van der Waals surface area contributed by atoms with Gasteiger partial charge in [0.1, 0.15) is 5.01 Å². The number of nitrogens with zero attached hydrogens (tertiary/aromatic N) is 2. The van der Waals surface area contributed by atoms with E-state index in [9.17, 15) is 0 Å². The number of hydrogen-bond acceptors (Lipinski definition) is 3. The lowest BCUT2D eigenvalue weighted by atomic mass is 9.96. The molecule has 0 fully saturated rings. The van der Waals surface area contributed by atoms with Crippen LogP contribution in [0.25, 0.3) is 75.4 Å². The van der Waals surface area contributed by atoms with Crippen molar-refractivity contribution >= 4 is 70.9 Å². The summed E-state index contributed by atoms with van der Waals surface area (Å²) in [7, 11) is 0. The normalized spacial score (nSPS) is 11.5. The number of fused-ring (bicyclic) bond motifs is 6. The molecule has 0 atom stereocenters. The van der Waals surface area contributed by atoms with Gasteiger partial charge in [0.15, 0.2) is 0 Å². The second-order valence-corrected chi connectivity index (χ2v) is 14.2. The number of thiazole rings is 1. The highest BCUT2D eigenvalue weighted by Gasteiger charge is 2.15. The molecule has 1 heterocycles. The molecule has 244 valence electrons. The molecule has 1 aromatic heterocycles. The van der Waals surface area contributed by atoms with Crippen LogP contribution in [0.1, 0.15) is 0 Å². The molecule has 0 saturated carbocycles. The average Bonchev–Trinajstić information content (AvgIpc) is 3.67. The van der Waals surface area contributed by atoms with Crippen molar-refractivity contribution < 1.29 is 0 Å². The third-order valence-electron chi connectivity index (χ3n) is 10.1. The minimum Gasteiger partial charge on any atom is -0.311 e. The third kappa shape index (κ3) is 5.31. The van der Waals surface area contributed by atoms with E-state index in [1.165, 1.54) is 59.3 Å². The van der Waals surface area contributed by atoms with Gasteiger partial charge in [-0.2, -0.15) is 0 Å². The van der Waals surface area contributed by atoms with E-state index in [2.05, 4.69) is 199 Å². The van der Waals surface area contributed by atoms with Gasteiger partial charge in [-0.3, -0.25) is 0 Å². The number of benzene rings is 9. The van der Waals surface area contributed by atoms with Crippen LogP contribution < -0.4 is 4.90 Å². The Balaban J connectivity index is 1.01. The van der Waals surface area contributed by atoms with Crippen molar-refractivity contribution in [3.63, 3.8) is 0 Å². The zero-order chi connectivity index (χ0) is 34.4. The molecular formula is C49H32N2S. The van der Waals surface area contributed by atoms with E-state index in [1.807, 2.05) is 0 Å². The summed E-state index contributed by atoms with van der Waals surface area (Å²) >= 11 is 1.77. The van der Waals surface area contributed by atoms with Crippen LogP contribution in [0.4, 0.5) is 17.1 Å². The lowest BCUT2D eigenvalue weighted by molar-refractivity contribution is 1.28. The third-order valence-corrected chi connectivity index (χ3v) is 11.2. The molecule has 10 rings (SSSR count). The van der Waals surface area contributed by atoms with Gasteiger partial charge in [0.2, 0.25) is 0 Å². The quantitative estimate of drug-likeness (QED) is 0.163. The Morgan fingerprint density at radius 2 is 0.962 bits per heavy atom. The molecule has 0 unspecified atom stereocenters. The van der Waals surface area contributed by atoms with Crippen molar-refractivity contribution in [2.75, 3.05) is 4.90 Å². The molecular weight excluding hydrogens is 649 g/mol. The van der Waals surface area contributed by atoms with Crippen LogP contribution in [0, 0.1) is 0 Å². The lowest BCUT2D eigenvalue weighted by Crippen LogP contribution is -2.09. The van der Waals surface area contributed by atoms with Crippen LogP contribution in [0.2, 0.25) is 0 Å². The zero-order valence-corrected chi connectivity index (χ0v) is 29.1. The Kier molecular flexibility index (Phi) is 7.37. The van der Waals surface area contributed by atoms with Crippen molar-refractivity contribution in [2.45, 2.75) is 0 Å². The van der Waals surface area contributed by atoms with Gasteiger partial charge in [-0.15, -0.1) is 11.3 Å². The Morgan fingerprint density at radius 1 is 0.365 bits per heavy atom. The predicted molar refractivity (Wildman–Crippen MR) is 223 cm³/mol. The molecule has 52 heavy (non-hydrogen) atoms. The van der Waals surface area contributed by atoms with Crippen LogP contribution in [0.5, 0.6) is 0 Å². The van der Waals surface area contributed by atoms with E-state index >= 15 is 0 Å². The first-order valence-electron chi connectivity index (χ1n) is 17.6. The first-order chi connectivity index (χ1) is 25.8. The summed E-state index contributed by atoms with van der Waals surface area (Å²) < 4.78 is 1.24. The van der Waals surface area contributed by atoms with Gasteiger partial charge in [-0.1, -0.05) is 146 Å². The van der Waals surface area contributed by atoms with E-state index in [1.54, 1.807) is 11.3 Å². The minimum absolute atomic E-state index is 1.05. The van der Waals surface area contributed by atoms with Gasteiger partial charge in [-0.05, 0) is 97.7 Å². The molecule has 0 aliphatic heterocycles. The molecule has 0 aliphatic carbocycles. The van der Waals surface area contributed by atoms with Gasteiger partial charge < -0.3 is 4.90 Å². The Labute approximate surface area is 306 Å². The maximum atomic E-state index is 4.99. The van der Waals surface area contributed by atoms with E-state index < -0.39 is 0 Å². The maximum Gasteiger partial charge on any atom is 0.124 e. The van der Waals surface area contributed by atoms with Crippen LogP contribution in [-0.4, -0.2) is 4.98 Å². The average molecular weight is 681 g/mol. The summed E-state index contributed by atoms with van der Waals surface area (Å²) in [5.74, 6) is 0. The van der Waals surface area contributed by atoms with Crippen LogP contribution in [0.15, 0.2) is 194 Å². The minimum atomic E-state index is 1.05. The van der Waals surface area contributed by atoms with E-state index in [-0.39, 0.29) is 0 Å². The summed E-state index contributed by atoms with van der Waals surface area (Å²) in [6.07, 6.45) is 0. The second-order valence-electron chi connectivity index (χ2n) is 13.2. The second kappa shape index (κ2) is 12.6. The fraction of sp³-hybridized carbons (Fsp3) is 0. The SMILES string of the molecule is c1ccc(-c2nc3ccc4c5cc(-c6ccc(N(c7ccccc7)c7ccc(-c8cccc9ccccc89)cc7)cc6)ccc5ccc4c3s2)cc1. The summed E-state index contributed by atoms with van der Waals surface area (Å²) in [6, 6.07) is 69.9. The van der Waals surface area contributed by atoms with Gasteiger partial charge >= 0.3 is 0 Å². The molecule has 0 saturated heterocycles. The van der Waals surface area contributed by atoms with Gasteiger partial charge in [0, 0.05) is 28.0 Å². The van der Waals surface area contributed by atoms with Gasteiger partial charge in [0.05, 0.1) is 10.2 Å². The van der Waals surface area contributed by atoms with Crippen molar-refractivity contribution in [1.82, 2.24) is 4.98 Å². The molecule has 0 radical (unpaired) electrons. The summed E-state index contributed by atoms with van der Waals surface area (Å²) in [5, 5.41) is 8.58. The van der Waals surface area contributed by atoms with Gasteiger partial charge in [-0.25, -0.2) is 4.98 Å². The van der Waals surface area contributed by atoms with E-state index in [4.69, 9.17) is 4.98 Å². The smallest absolute Gasteiger partial charge is 0.124 e. The fourth-order valence-corrected chi connectivity index (χ4v) is 8.60. The molecule has 0 bridgehead atoms. The number of aromatic nitrogens is 1. The topological polar surface area (TPSA) is 16.1 Å². The Bertz CT molecular complexity index is 2870. The van der Waals surface area contributed by atoms with Crippen molar-refractivity contribution in [2.24, 2.45) is 0 Å². The molecule has 0 amide bonds. The summed E-state index contributed by atoms with van der Waals surface area (Å²) in [5.41, 5.74) is 10.4. The largest absolute Gasteiger partial charge is 0.311 e. The Morgan fingerprint density at radius 3 is 1.75 bits per heavy atom. The Hall–Kier alpha value is -6.55. The number of para-hydroxylation sites is 1. The molecule has 3 heteroatoms. The molecule has 0 aliphatic rings. The first kappa shape index (κ1) is 30.3. The zero-order valence-electron chi connectivity index (χ0n) is 28.3. The maximum absolute atomic E-state index is 4.99. The fourth-order valence-electron chi connectivity index (χ4n) is 7.50. The lowest BCUT2D eigenvalue weighted by Gasteiger charge is -2.26. The highest BCUT2D eigenvalue weighted by molar-refractivity contribution is 7.22. The van der Waals surface area contributed by atoms with Crippen molar-refractivity contribution in [3.05, 3.63) is 194 Å². The molecule has 9 aromatic carbocycles. The van der Waals surface area contributed by atoms with Crippen molar-refractivity contribution in [1.29, 1.82) is 0 Å². The molecule has 2 nitrogen and oxygen atoms in total. The predicted octanol–water partition coefficient (Wildman–Crippen LogP) is 14.2. The molecule has 0 N–H and O–H groups in total. The number of anilines is 3. The molecule has 0 spiro atoms. The summed E-state index contributed by atoms with van der Waals surface area (Å²) in [4.78, 5) is 7.32. The van der Waals surface area contributed by atoms with E-state index in [0.29, 0.717) is 0 Å². The summed E-state index contributed by atoms with van der Waals surface area (Å²) in [6.45, 7) is 0. The number of hydrogen-bond donors (Lipinski definition) is 0. The highest BCUT2D eigenvalue weighted by atomic mass is 32.1.